The van der Waals surface area contributed by atoms with Crippen LogP contribution in [-0.4, -0.2) is 4.99 Å². The predicted molar refractivity (Wildman–Crippen MR) is 107 cm³/mol. The third-order valence-corrected chi connectivity index (χ3v) is 4.39. The summed E-state index contributed by atoms with van der Waals surface area (Å²) in [7, 11) is 0. The smallest absolute Gasteiger partial charge is 0.128 e. The van der Waals surface area contributed by atoms with Crippen molar-refractivity contribution in [3.63, 3.8) is 0 Å². The van der Waals surface area contributed by atoms with Gasteiger partial charge in [-0.15, -0.1) is 0 Å². The SMILES string of the molecule is NC(=S)c1ccc(Oc2ccc(OCc3ccccc3)cc2)cc1Br. The average molecular weight is 414 g/mol. The highest BCUT2D eigenvalue weighted by molar-refractivity contribution is 9.10. The second kappa shape index (κ2) is 8.14. The Hall–Kier alpha value is -2.37. The summed E-state index contributed by atoms with van der Waals surface area (Å²) in [4.78, 5) is 0.346. The molecule has 0 unspecified atom stereocenters. The molecule has 0 saturated carbocycles. The van der Waals surface area contributed by atoms with Crippen LogP contribution < -0.4 is 15.2 Å². The number of thiocarbonyl (C=S) groups is 1. The lowest BCUT2D eigenvalue weighted by atomic mass is 10.2. The van der Waals surface area contributed by atoms with Crippen LogP contribution in [0.5, 0.6) is 17.2 Å². The van der Waals surface area contributed by atoms with Gasteiger partial charge in [-0.1, -0.05) is 42.5 Å². The molecule has 0 bridgehead atoms. The molecule has 25 heavy (non-hydrogen) atoms. The third kappa shape index (κ3) is 4.81. The number of hydrogen-bond acceptors (Lipinski definition) is 3. The lowest BCUT2D eigenvalue weighted by molar-refractivity contribution is 0.306. The van der Waals surface area contributed by atoms with Crippen LogP contribution in [0, 0.1) is 0 Å². The minimum atomic E-state index is 0.346. The number of ether oxygens (including phenoxy) is 2. The van der Waals surface area contributed by atoms with Gasteiger partial charge in [0.05, 0.1) is 0 Å². The molecule has 0 aliphatic rings. The Morgan fingerprint density at radius 1 is 0.880 bits per heavy atom. The fourth-order valence-electron chi connectivity index (χ4n) is 2.24. The minimum Gasteiger partial charge on any atom is -0.489 e. The van der Waals surface area contributed by atoms with Crippen molar-refractivity contribution in [3.8, 4) is 17.2 Å². The Morgan fingerprint density at radius 2 is 1.52 bits per heavy atom. The molecule has 5 heteroatoms. The first-order valence-corrected chi connectivity index (χ1v) is 8.86. The van der Waals surface area contributed by atoms with Gasteiger partial charge in [-0.05, 0) is 64.0 Å². The van der Waals surface area contributed by atoms with Crippen molar-refractivity contribution in [2.45, 2.75) is 6.61 Å². The molecule has 0 aliphatic carbocycles. The highest BCUT2D eigenvalue weighted by atomic mass is 79.9. The monoisotopic (exact) mass is 413 g/mol. The maximum atomic E-state index is 5.84. The molecule has 2 N–H and O–H groups in total. The Balaban J connectivity index is 1.62. The molecule has 3 aromatic carbocycles. The molecule has 3 nitrogen and oxygen atoms in total. The molecule has 0 heterocycles. The zero-order chi connectivity index (χ0) is 17.6. The maximum absolute atomic E-state index is 5.84. The lowest BCUT2D eigenvalue weighted by Gasteiger charge is -2.10. The van der Waals surface area contributed by atoms with Crippen LogP contribution in [-0.2, 0) is 6.61 Å². The van der Waals surface area contributed by atoms with E-state index in [4.69, 9.17) is 27.4 Å². The van der Waals surface area contributed by atoms with Crippen LogP contribution in [0.3, 0.4) is 0 Å². The minimum absolute atomic E-state index is 0.346. The van der Waals surface area contributed by atoms with E-state index in [2.05, 4.69) is 15.9 Å². The second-order valence-electron chi connectivity index (χ2n) is 5.35. The van der Waals surface area contributed by atoms with E-state index in [1.54, 1.807) is 0 Å². The standard InChI is InChI=1S/C20H16BrNO2S/c21-19-12-17(10-11-18(19)20(22)25)24-16-8-6-15(7-9-16)23-13-14-4-2-1-3-5-14/h1-12H,13H2,(H2,22,25). The molecule has 0 atom stereocenters. The zero-order valence-corrected chi connectivity index (χ0v) is 15.7. The first kappa shape index (κ1) is 17.5. The van der Waals surface area contributed by atoms with E-state index in [-0.39, 0.29) is 0 Å². The van der Waals surface area contributed by atoms with Crippen molar-refractivity contribution in [1.82, 2.24) is 0 Å². The van der Waals surface area contributed by atoms with Gasteiger partial charge in [-0.25, -0.2) is 0 Å². The molecule has 0 radical (unpaired) electrons. The lowest BCUT2D eigenvalue weighted by Crippen LogP contribution is -2.09. The average Bonchev–Trinajstić information content (AvgIpc) is 2.62. The van der Waals surface area contributed by atoms with Crippen molar-refractivity contribution >= 4 is 33.1 Å². The molecular weight excluding hydrogens is 398 g/mol. The first-order valence-electron chi connectivity index (χ1n) is 7.66. The van der Waals surface area contributed by atoms with Gasteiger partial charge in [0.25, 0.3) is 0 Å². The molecule has 126 valence electrons. The van der Waals surface area contributed by atoms with E-state index >= 15 is 0 Å². The van der Waals surface area contributed by atoms with Crippen molar-refractivity contribution < 1.29 is 9.47 Å². The van der Waals surface area contributed by atoms with Crippen molar-refractivity contribution in [2.24, 2.45) is 5.73 Å². The molecule has 0 spiro atoms. The molecule has 0 aliphatic heterocycles. The summed E-state index contributed by atoms with van der Waals surface area (Å²) in [6.07, 6.45) is 0. The third-order valence-electron chi connectivity index (χ3n) is 3.51. The number of benzene rings is 3. The largest absolute Gasteiger partial charge is 0.489 e. The van der Waals surface area contributed by atoms with Gasteiger partial charge in [0.1, 0.15) is 28.8 Å². The number of nitrogens with two attached hydrogens (primary N) is 1. The Labute approximate surface area is 160 Å². The van der Waals surface area contributed by atoms with Crippen LogP contribution in [0.2, 0.25) is 0 Å². The highest BCUT2D eigenvalue weighted by Crippen LogP contribution is 2.28. The number of halogens is 1. The molecule has 0 fully saturated rings. The fourth-order valence-corrected chi connectivity index (χ4v) is 3.12. The predicted octanol–water partition coefficient (Wildman–Crippen LogP) is 5.45. The van der Waals surface area contributed by atoms with E-state index in [9.17, 15) is 0 Å². The van der Waals surface area contributed by atoms with Gasteiger partial charge in [0.15, 0.2) is 0 Å². The van der Waals surface area contributed by atoms with Crippen LogP contribution in [0.25, 0.3) is 0 Å². The highest BCUT2D eigenvalue weighted by Gasteiger charge is 2.06. The van der Waals surface area contributed by atoms with Gasteiger partial charge in [0, 0.05) is 10.0 Å². The summed E-state index contributed by atoms with van der Waals surface area (Å²) in [6, 6.07) is 23.1. The molecule has 3 aromatic rings. The molecule has 0 amide bonds. The van der Waals surface area contributed by atoms with Crippen LogP contribution in [0.15, 0.2) is 77.3 Å². The zero-order valence-electron chi connectivity index (χ0n) is 13.3. The topological polar surface area (TPSA) is 44.5 Å². The number of rotatable bonds is 6. The Kier molecular flexibility index (Phi) is 5.68. The van der Waals surface area contributed by atoms with E-state index in [1.807, 2.05) is 72.8 Å². The van der Waals surface area contributed by atoms with Gasteiger partial charge in [0.2, 0.25) is 0 Å². The summed E-state index contributed by atoms with van der Waals surface area (Å²) in [5.74, 6) is 2.22. The van der Waals surface area contributed by atoms with E-state index in [1.165, 1.54) is 0 Å². The molecule has 0 saturated heterocycles. The van der Waals surface area contributed by atoms with Gasteiger partial charge < -0.3 is 15.2 Å². The van der Waals surface area contributed by atoms with E-state index in [0.717, 1.165) is 27.1 Å². The first-order chi connectivity index (χ1) is 12.1. The second-order valence-corrected chi connectivity index (χ2v) is 6.65. The van der Waals surface area contributed by atoms with Crippen LogP contribution >= 0.6 is 28.1 Å². The summed E-state index contributed by atoms with van der Waals surface area (Å²) in [5.41, 5.74) is 7.57. The van der Waals surface area contributed by atoms with Gasteiger partial charge in [-0.2, -0.15) is 0 Å². The summed E-state index contributed by atoms with van der Waals surface area (Å²) >= 11 is 8.44. The maximum Gasteiger partial charge on any atom is 0.128 e. The summed E-state index contributed by atoms with van der Waals surface area (Å²) < 4.78 is 12.4. The molecule has 0 aromatic heterocycles. The Bertz CT molecular complexity index is 867. The van der Waals surface area contributed by atoms with E-state index in [0.29, 0.717) is 17.3 Å². The normalized spacial score (nSPS) is 10.3. The quantitative estimate of drug-likeness (QED) is 0.545. The van der Waals surface area contributed by atoms with Crippen molar-refractivity contribution in [2.75, 3.05) is 0 Å². The number of hydrogen-bond donors (Lipinski definition) is 1. The van der Waals surface area contributed by atoms with Gasteiger partial charge >= 0.3 is 0 Å². The van der Waals surface area contributed by atoms with Crippen molar-refractivity contribution in [1.29, 1.82) is 0 Å². The summed E-state index contributed by atoms with van der Waals surface area (Å²) in [5, 5.41) is 0. The van der Waals surface area contributed by atoms with Crippen LogP contribution in [0.1, 0.15) is 11.1 Å². The Morgan fingerprint density at radius 3 is 2.16 bits per heavy atom. The molecule has 3 rings (SSSR count). The van der Waals surface area contributed by atoms with Gasteiger partial charge in [-0.3, -0.25) is 0 Å². The fraction of sp³-hybridized carbons (Fsp3) is 0.0500. The van der Waals surface area contributed by atoms with Crippen molar-refractivity contribution in [3.05, 3.63) is 88.4 Å². The van der Waals surface area contributed by atoms with E-state index < -0.39 is 0 Å². The summed E-state index contributed by atoms with van der Waals surface area (Å²) in [6.45, 7) is 0.536. The van der Waals surface area contributed by atoms with Crippen LogP contribution in [0.4, 0.5) is 0 Å². The molecular formula is C20H16BrNO2S.